The van der Waals surface area contributed by atoms with Crippen molar-refractivity contribution in [2.45, 2.75) is 188 Å². The summed E-state index contributed by atoms with van der Waals surface area (Å²) in [4.78, 5) is 10.6. The van der Waals surface area contributed by atoms with Crippen molar-refractivity contribution in [2.75, 3.05) is 27.2 Å². The van der Waals surface area contributed by atoms with Crippen LogP contribution in [0.2, 0.25) is 0 Å². The maximum atomic E-state index is 10.6. The van der Waals surface area contributed by atoms with Crippen LogP contribution < -0.4 is 5.73 Å². The lowest BCUT2D eigenvalue weighted by Crippen LogP contribution is -2.48. The van der Waals surface area contributed by atoms with Crippen molar-refractivity contribution < 1.29 is 26.4 Å². The molecule has 0 aliphatic carbocycles. The standard InChI is InChI=1S/C22H45NO.C10H24N.C2H6O4S/c1-2-3-4-5-6-7-8-9-10-11-12-13-14-15-16-17-18-19-20-21-22(23)24;1-6-9-10(7-2)11(4,5)8-3;1-2-6-7(3,4)5/h2-21H2,1H3,(H2,23,24);10H,6-9H2,1-5H3;2H2,1H3,(H,3,4,5)/q;+1;/p-1. The minimum absolute atomic E-state index is 0.0914. The fourth-order valence-corrected chi connectivity index (χ4v) is 5.45. The maximum Gasteiger partial charge on any atom is 0.217 e. The van der Waals surface area contributed by atoms with Gasteiger partial charge in [0.1, 0.15) is 0 Å². The van der Waals surface area contributed by atoms with E-state index >= 15 is 0 Å². The molecule has 8 heteroatoms. The van der Waals surface area contributed by atoms with Crippen LogP contribution in [0, 0.1) is 0 Å². The summed E-state index contributed by atoms with van der Waals surface area (Å²) in [6.07, 6.45) is 30.8. The summed E-state index contributed by atoms with van der Waals surface area (Å²) < 4.78 is 33.2. The lowest BCUT2D eigenvalue weighted by Gasteiger charge is -2.36. The van der Waals surface area contributed by atoms with Crippen molar-refractivity contribution in [1.29, 1.82) is 0 Å². The van der Waals surface area contributed by atoms with Crippen molar-refractivity contribution in [3.8, 4) is 0 Å². The monoisotopic (exact) mass is 623 g/mol. The summed E-state index contributed by atoms with van der Waals surface area (Å²) >= 11 is 0. The lowest BCUT2D eigenvalue weighted by atomic mass is 10.0. The van der Waals surface area contributed by atoms with E-state index in [1.807, 2.05) is 0 Å². The van der Waals surface area contributed by atoms with Crippen LogP contribution in [-0.4, -0.2) is 56.6 Å². The molecule has 0 radical (unpaired) electrons. The number of primary amides is 1. The molecular formula is C34H74N2O5S. The zero-order chi connectivity index (χ0) is 32.5. The van der Waals surface area contributed by atoms with Gasteiger partial charge in [0.2, 0.25) is 16.3 Å². The van der Waals surface area contributed by atoms with Gasteiger partial charge in [-0.2, -0.15) is 0 Å². The second-order valence-electron chi connectivity index (χ2n) is 12.3. The van der Waals surface area contributed by atoms with Crippen molar-refractivity contribution in [1.82, 2.24) is 0 Å². The number of quaternary nitrogens is 1. The fraction of sp³-hybridized carbons (Fsp3) is 0.971. The molecule has 0 aromatic carbocycles. The van der Waals surface area contributed by atoms with Gasteiger partial charge in [0.05, 0.1) is 33.3 Å². The number of carbonyl (C=O) groups excluding carboxylic acids is 1. The number of carbonyl (C=O) groups is 1. The van der Waals surface area contributed by atoms with Crippen LogP contribution in [0.5, 0.6) is 0 Å². The van der Waals surface area contributed by atoms with Gasteiger partial charge in [-0.1, -0.05) is 143 Å². The highest BCUT2D eigenvalue weighted by Crippen LogP contribution is 2.16. The van der Waals surface area contributed by atoms with E-state index in [2.05, 4.69) is 46.0 Å². The third-order valence-corrected chi connectivity index (χ3v) is 8.71. The SMILES string of the molecule is CCCC(CC)[N+](C)(C)CC.CCCCCCCCCCCCCCCCCCCCCC(N)=O.CCOS(=O)(=O)[O-]. The third-order valence-electron chi connectivity index (χ3n) is 8.19. The van der Waals surface area contributed by atoms with E-state index in [9.17, 15) is 17.8 Å². The van der Waals surface area contributed by atoms with Gasteiger partial charge in [-0.15, -0.1) is 0 Å². The topological polar surface area (TPSA) is 110 Å². The number of rotatable bonds is 27. The highest BCUT2D eigenvalue weighted by Gasteiger charge is 2.23. The molecule has 0 fully saturated rings. The second-order valence-corrected chi connectivity index (χ2v) is 13.4. The summed E-state index contributed by atoms with van der Waals surface area (Å²) in [7, 11) is 0.250. The Bertz CT molecular complexity index is 656. The number of hydrogen-bond acceptors (Lipinski definition) is 5. The number of nitrogens with two attached hydrogens (primary N) is 1. The minimum atomic E-state index is -4.42. The van der Waals surface area contributed by atoms with Gasteiger partial charge in [-0.25, -0.2) is 8.42 Å². The minimum Gasteiger partial charge on any atom is -0.726 e. The van der Waals surface area contributed by atoms with E-state index < -0.39 is 10.4 Å². The van der Waals surface area contributed by atoms with Gasteiger partial charge in [0.25, 0.3) is 0 Å². The molecule has 0 aromatic rings. The molecule has 0 aromatic heterocycles. The van der Waals surface area contributed by atoms with Crippen molar-refractivity contribution >= 4 is 16.3 Å². The van der Waals surface area contributed by atoms with E-state index in [-0.39, 0.29) is 12.5 Å². The Balaban J connectivity index is -0.000000691. The first-order chi connectivity index (χ1) is 19.9. The number of nitrogens with zero attached hydrogens (tertiary/aromatic N) is 1. The van der Waals surface area contributed by atoms with Crippen molar-refractivity contribution in [3.05, 3.63) is 0 Å². The Morgan fingerprint density at radius 1 is 0.667 bits per heavy atom. The molecule has 0 heterocycles. The highest BCUT2D eigenvalue weighted by molar-refractivity contribution is 7.80. The molecule has 0 saturated heterocycles. The Morgan fingerprint density at radius 2 is 1.02 bits per heavy atom. The van der Waals surface area contributed by atoms with Gasteiger partial charge < -0.3 is 14.8 Å². The zero-order valence-corrected chi connectivity index (χ0v) is 30.0. The number of unbranched alkanes of at least 4 members (excludes halogenated alkanes) is 18. The van der Waals surface area contributed by atoms with Crippen LogP contribution in [0.3, 0.4) is 0 Å². The smallest absolute Gasteiger partial charge is 0.217 e. The van der Waals surface area contributed by atoms with Crippen LogP contribution in [0.4, 0.5) is 0 Å². The zero-order valence-electron chi connectivity index (χ0n) is 29.2. The van der Waals surface area contributed by atoms with Crippen molar-refractivity contribution in [2.24, 2.45) is 5.73 Å². The van der Waals surface area contributed by atoms with Crippen LogP contribution in [-0.2, 0) is 19.4 Å². The van der Waals surface area contributed by atoms with Gasteiger partial charge in [-0.05, 0) is 33.1 Å². The first kappa shape index (κ1) is 45.7. The molecule has 0 bridgehead atoms. The van der Waals surface area contributed by atoms with Gasteiger partial charge in [0, 0.05) is 6.42 Å². The van der Waals surface area contributed by atoms with E-state index in [1.54, 1.807) is 0 Å². The van der Waals surface area contributed by atoms with Gasteiger partial charge in [-0.3, -0.25) is 8.98 Å². The summed E-state index contributed by atoms with van der Waals surface area (Å²) in [5.41, 5.74) is 5.13. The quantitative estimate of drug-likeness (QED) is 0.0425. The summed E-state index contributed by atoms with van der Waals surface area (Å²) in [5.74, 6) is -0.151. The van der Waals surface area contributed by atoms with Crippen LogP contribution >= 0.6 is 0 Å². The Morgan fingerprint density at radius 3 is 1.24 bits per heavy atom. The number of hydrogen-bond donors (Lipinski definition) is 1. The van der Waals surface area contributed by atoms with Gasteiger partial charge in [0.15, 0.2) is 0 Å². The number of amides is 1. The molecule has 0 saturated carbocycles. The molecule has 42 heavy (non-hydrogen) atoms. The normalized spacial score (nSPS) is 12.2. The molecule has 0 aliphatic rings. The first-order valence-electron chi connectivity index (χ1n) is 17.6. The fourth-order valence-electron chi connectivity index (χ4n) is 5.16. The highest BCUT2D eigenvalue weighted by atomic mass is 32.3. The summed E-state index contributed by atoms with van der Waals surface area (Å²) in [6, 6.07) is 0.866. The molecule has 0 aliphatic heterocycles. The molecule has 1 unspecified atom stereocenters. The third kappa shape index (κ3) is 39.3. The lowest BCUT2D eigenvalue weighted by molar-refractivity contribution is -0.913. The second kappa shape index (κ2) is 33.2. The van der Waals surface area contributed by atoms with E-state index in [0.29, 0.717) is 6.42 Å². The molecular weight excluding hydrogens is 548 g/mol. The molecule has 0 spiro atoms. The first-order valence-corrected chi connectivity index (χ1v) is 19.0. The summed E-state index contributed by atoms with van der Waals surface area (Å²) in [6.45, 7) is 11.7. The predicted molar refractivity (Wildman–Crippen MR) is 180 cm³/mol. The summed E-state index contributed by atoms with van der Waals surface area (Å²) in [5, 5.41) is 0. The average molecular weight is 623 g/mol. The van der Waals surface area contributed by atoms with E-state index in [1.165, 1.54) is 153 Å². The van der Waals surface area contributed by atoms with Crippen LogP contribution in [0.1, 0.15) is 182 Å². The molecule has 2 N–H and O–H groups in total. The Labute approximate surface area is 263 Å². The van der Waals surface area contributed by atoms with Gasteiger partial charge >= 0.3 is 0 Å². The molecule has 256 valence electrons. The van der Waals surface area contributed by atoms with Crippen LogP contribution in [0.25, 0.3) is 0 Å². The molecule has 1 atom stereocenters. The molecule has 0 rings (SSSR count). The van der Waals surface area contributed by atoms with Crippen molar-refractivity contribution in [3.63, 3.8) is 0 Å². The van der Waals surface area contributed by atoms with E-state index in [0.717, 1.165) is 12.5 Å². The van der Waals surface area contributed by atoms with E-state index in [4.69, 9.17) is 5.73 Å². The van der Waals surface area contributed by atoms with Crippen LogP contribution in [0.15, 0.2) is 0 Å². The molecule has 7 nitrogen and oxygen atoms in total. The Kier molecular flexibility index (Phi) is 36.1. The molecule has 1 amide bonds. The maximum absolute atomic E-state index is 10.6. The largest absolute Gasteiger partial charge is 0.726 e. The average Bonchev–Trinajstić information content (AvgIpc) is 2.92. The predicted octanol–water partition coefficient (Wildman–Crippen LogP) is 9.44. The Hall–Kier alpha value is -0.700.